The lowest BCUT2D eigenvalue weighted by Crippen LogP contribution is -2.44. The number of rotatable bonds is 3. The van der Waals surface area contributed by atoms with E-state index in [-0.39, 0.29) is 30.3 Å². The van der Waals surface area contributed by atoms with E-state index in [9.17, 15) is 4.79 Å². The Morgan fingerprint density at radius 3 is 2.81 bits per heavy atom. The number of ether oxygens (including phenoxy) is 2. The minimum absolute atomic E-state index is 0.0155. The maximum absolute atomic E-state index is 11.9. The van der Waals surface area contributed by atoms with Crippen molar-refractivity contribution >= 4 is 5.91 Å². The Hall–Kier alpha value is -0.650. The molecule has 0 spiro atoms. The van der Waals surface area contributed by atoms with Crippen molar-refractivity contribution in [3.05, 3.63) is 0 Å². The molecule has 2 aliphatic rings. The second-order valence-electron chi connectivity index (χ2n) is 4.54. The molecule has 16 heavy (non-hydrogen) atoms. The summed E-state index contributed by atoms with van der Waals surface area (Å²) in [6, 6.07) is 0.132. The quantitative estimate of drug-likeness (QED) is 0.701. The normalized spacial score (nSPS) is 38.9. The summed E-state index contributed by atoms with van der Waals surface area (Å²) in [5.74, 6) is -0.0155. The molecule has 0 radical (unpaired) electrons. The average molecular weight is 228 g/mol. The number of carbonyl (C=O) groups excluding carboxylic acids is 1. The predicted molar refractivity (Wildman–Crippen MR) is 58.9 cm³/mol. The molecule has 4 atom stereocenters. The Labute approximate surface area is 95.7 Å². The molecule has 4 unspecified atom stereocenters. The molecule has 2 saturated heterocycles. The van der Waals surface area contributed by atoms with Crippen LogP contribution in [0.25, 0.3) is 0 Å². The highest BCUT2D eigenvalue weighted by molar-refractivity contribution is 5.81. The third-order valence-electron chi connectivity index (χ3n) is 3.37. The molecule has 2 rings (SSSR count). The molecule has 3 N–H and O–H groups in total. The van der Waals surface area contributed by atoms with Gasteiger partial charge in [-0.05, 0) is 26.2 Å². The second kappa shape index (κ2) is 5.12. The zero-order chi connectivity index (χ0) is 11.5. The zero-order valence-electron chi connectivity index (χ0n) is 9.65. The lowest BCUT2D eigenvalue weighted by atomic mass is 10.1. The first-order valence-corrected chi connectivity index (χ1v) is 5.98. The van der Waals surface area contributed by atoms with Gasteiger partial charge in [0.15, 0.2) is 0 Å². The van der Waals surface area contributed by atoms with Crippen LogP contribution in [0.15, 0.2) is 0 Å². The Morgan fingerprint density at radius 2 is 2.25 bits per heavy atom. The highest BCUT2D eigenvalue weighted by Gasteiger charge is 2.33. The third kappa shape index (κ3) is 2.53. The number of nitrogens with two attached hydrogens (primary N) is 1. The van der Waals surface area contributed by atoms with Crippen LogP contribution in [0.1, 0.15) is 26.2 Å². The molecule has 5 heteroatoms. The van der Waals surface area contributed by atoms with Gasteiger partial charge >= 0.3 is 0 Å². The number of carbonyl (C=O) groups is 1. The van der Waals surface area contributed by atoms with E-state index in [1.165, 1.54) is 0 Å². The summed E-state index contributed by atoms with van der Waals surface area (Å²) >= 11 is 0. The first kappa shape index (κ1) is 11.8. The van der Waals surface area contributed by atoms with Crippen LogP contribution in [0, 0.1) is 0 Å². The summed E-state index contributed by atoms with van der Waals surface area (Å²) in [5.41, 5.74) is 5.51. The molecule has 2 heterocycles. The first-order chi connectivity index (χ1) is 7.70. The van der Waals surface area contributed by atoms with Gasteiger partial charge in [0, 0.05) is 13.2 Å². The monoisotopic (exact) mass is 228 g/mol. The average Bonchev–Trinajstić information content (AvgIpc) is 2.88. The summed E-state index contributed by atoms with van der Waals surface area (Å²) < 4.78 is 10.9. The van der Waals surface area contributed by atoms with E-state index in [1.807, 2.05) is 6.92 Å². The van der Waals surface area contributed by atoms with Gasteiger partial charge in [0.2, 0.25) is 5.91 Å². The van der Waals surface area contributed by atoms with Crippen LogP contribution in [-0.2, 0) is 14.3 Å². The third-order valence-corrected chi connectivity index (χ3v) is 3.37. The van der Waals surface area contributed by atoms with Crippen LogP contribution < -0.4 is 11.1 Å². The molecular weight excluding hydrogens is 208 g/mol. The van der Waals surface area contributed by atoms with Crippen LogP contribution in [-0.4, -0.2) is 43.4 Å². The van der Waals surface area contributed by atoms with Crippen LogP contribution in [0.3, 0.4) is 0 Å². The van der Waals surface area contributed by atoms with E-state index in [4.69, 9.17) is 15.2 Å². The van der Waals surface area contributed by atoms with E-state index in [1.54, 1.807) is 0 Å². The molecular formula is C11H20N2O3. The molecule has 0 aromatic rings. The SMILES string of the molecule is CC1OCCC1NC(=O)C1CCC(CN)O1. The van der Waals surface area contributed by atoms with Crippen molar-refractivity contribution in [3.8, 4) is 0 Å². The Kier molecular flexibility index (Phi) is 3.78. The predicted octanol–water partition coefficient (Wildman–Crippen LogP) is -0.214. The lowest BCUT2D eigenvalue weighted by molar-refractivity contribution is -0.132. The van der Waals surface area contributed by atoms with Crippen molar-refractivity contribution in [1.82, 2.24) is 5.32 Å². The fraction of sp³-hybridized carbons (Fsp3) is 0.909. The number of nitrogens with one attached hydrogen (secondary N) is 1. The van der Waals surface area contributed by atoms with Gasteiger partial charge in [-0.25, -0.2) is 0 Å². The molecule has 0 bridgehead atoms. The van der Waals surface area contributed by atoms with Gasteiger partial charge in [-0.3, -0.25) is 4.79 Å². The summed E-state index contributed by atoms with van der Waals surface area (Å²) in [5, 5.41) is 2.99. The lowest BCUT2D eigenvalue weighted by Gasteiger charge is -2.19. The summed E-state index contributed by atoms with van der Waals surface area (Å²) in [6.07, 6.45) is 2.38. The molecule has 1 amide bonds. The highest BCUT2D eigenvalue weighted by Crippen LogP contribution is 2.20. The van der Waals surface area contributed by atoms with Gasteiger partial charge in [-0.2, -0.15) is 0 Å². The van der Waals surface area contributed by atoms with E-state index >= 15 is 0 Å². The fourth-order valence-electron chi connectivity index (χ4n) is 2.27. The molecule has 2 fully saturated rings. The van der Waals surface area contributed by atoms with Crippen LogP contribution in [0.5, 0.6) is 0 Å². The van der Waals surface area contributed by atoms with Crippen molar-refractivity contribution in [1.29, 1.82) is 0 Å². The van der Waals surface area contributed by atoms with Crippen molar-refractivity contribution in [3.63, 3.8) is 0 Å². The van der Waals surface area contributed by atoms with Gasteiger partial charge < -0.3 is 20.5 Å². The molecule has 92 valence electrons. The van der Waals surface area contributed by atoms with Crippen molar-refractivity contribution in [2.45, 2.75) is 50.5 Å². The highest BCUT2D eigenvalue weighted by atomic mass is 16.5. The summed E-state index contributed by atoms with van der Waals surface area (Å²) in [7, 11) is 0. The van der Waals surface area contributed by atoms with Gasteiger partial charge in [0.05, 0.1) is 18.2 Å². The van der Waals surface area contributed by atoms with E-state index < -0.39 is 0 Å². The van der Waals surface area contributed by atoms with Crippen molar-refractivity contribution < 1.29 is 14.3 Å². The van der Waals surface area contributed by atoms with Gasteiger partial charge in [0.25, 0.3) is 0 Å². The maximum atomic E-state index is 11.9. The Balaban J connectivity index is 1.80. The Bertz CT molecular complexity index is 260. The molecule has 0 aliphatic carbocycles. The largest absolute Gasteiger partial charge is 0.376 e. The van der Waals surface area contributed by atoms with Gasteiger partial charge in [0.1, 0.15) is 6.10 Å². The van der Waals surface area contributed by atoms with E-state index in [0.717, 1.165) is 25.9 Å². The fourth-order valence-corrected chi connectivity index (χ4v) is 2.27. The van der Waals surface area contributed by atoms with E-state index in [0.29, 0.717) is 6.54 Å². The molecule has 0 aromatic heterocycles. The smallest absolute Gasteiger partial charge is 0.249 e. The topological polar surface area (TPSA) is 73.6 Å². The molecule has 0 aromatic carbocycles. The number of hydrogen-bond donors (Lipinski definition) is 2. The minimum Gasteiger partial charge on any atom is -0.376 e. The number of amides is 1. The second-order valence-corrected chi connectivity index (χ2v) is 4.54. The molecule has 0 saturated carbocycles. The number of hydrogen-bond acceptors (Lipinski definition) is 4. The molecule has 5 nitrogen and oxygen atoms in total. The minimum atomic E-state index is -0.318. The first-order valence-electron chi connectivity index (χ1n) is 5.98. The molecule has 2 aliphatic heterocycles. The van der Waals surface area contributed by atoms with Crippen LogP contribution in [0.4, 0.5) is 0 Å². The standard InChI is InChI=1S/C11H20N2O3/c1-7-9(4-5-15-7)13-11(14)10-3-2-8(6-12)16-10/h7-10H,2-6,12H2,1H3,(H,13,14). The maximum Gasteiger partial charge on any atom is 0.249 e. The summed E-state index contributed by atoms with van der Waals surface area (Å²) in [6.45, 7) is 3.20. The van der Waals surface area contributed by atoms with Gasteiger partial charge in [-0.15, -0.1) is 0 Å². The van der Waals surface area contributed by atoms with Crippen molar-refractivity contribution in [2.75, 3.05) is 13.2 Å². The van der Waals surface area contributed by atoms with E-state index in [2.05, 4.69) is 5.32 Å². The zero-order valence-corrected chi connectivity index (χ0v) is 9.65. The Morgan fingerprint density at radius 1 is 1.44 bits per heavy atom. The van der Waals surface area contributed by atoms with Crippen LogP contribution >= 0.6 is 0 Å². The van der Waals surface area contributed by atoms with Crippen molar-refractivity contribution in [2.24, 2.45) is 5.73 Å². The van der Waals surface area contributed by atoms with Gasteiger partial charge in [-0.1, -0.05) is 0 Å². The summed E-state index contributed by atoms with van der Waals surface area (Å²) in [4.78, 5) is 11.9. The van der Waals surface area contributed by atoms with Crippen LogP contribution in [0.2, 0.25) is 0 Å².